The molecule has 7 nitrogen and oxygen atoms in total. The molecule has 30 heavy (non-hydrogen) atoms. The van der Waals surface area contributed by atoms with E-state index in [1.165, 1.54) is 12.5 Å². The average molecular weight is 402 g/mol. The molecule has 0 saturated heterocycles. The third kappa shape index (κ3) is 4.59. The van der Waals surface area contributed by atoms with Gasteiger partial charge in [-0.2, -0.15) is 0 Å². The van der Waals surface area contributed by atoms with Crippen LogP contribution in [0.5, 0.6) is 5.75 Å². The Kier molecular flexibility index (Phi) is 5.61. The second-order valence-corrected chi connectivity index (χ2v) is 6.34. The summed E-state index contributed by atoms with van der Waals surface area (Å²) in [5.74, 6) is 0.364. The highest BCUT2D eigenvalue weighted by Crippen LogP contribution is 2.19. The zero-order valence-corrected chi connectivity index (χ0v) is 15.8. The molecular formula is C23H18N2O5. The normalized spacial score (nSPS) is 10.4. The van der Waals surface area contributed by atoms with E-state index in [9.17, 15) is 9.59 Å². The van der Waals surface area contributed by atoms with Crippen LogP contribution in [0.25, 0.3) is 0 Å². The molecule has 4 aromatic rings. The summed E-state index contributed by atoms with van der Waals surface area (Å²) >= 11 is 0. The predicted molar refractivity (Wildman–Crippen MR) is 111 cm³/mol. The lowest BCUT2D eigenvalue weighted by atomic mass is 10.2. The molecule has 2 heterocycles. The van der Waals surface area contributed by atoms with Gasteiger partial charge >= 0.3 is 0 Å². The Bertz CT molecular complexity index is 1120. The summed E-state index contributed by atoms with van der Waals surface area (Å²) in [6, 6.07) is 21.0. The fourth-order valence-electron chi connectivity index (χ4n) is 2.75. The molecule has 0 aliphatic carbocycles. The number of amides is 2. The number of carbonyl (C=O) groups excluding carboxylic acids is 2. The van der Waals surface area contributed by atoms with E-state index in [2.05, 4.69) is 10.6 Å². The van der Waals surface area contributed by atoms with Crippen LogP contribution in [0.15, 0.2) is 94.2 Å². The molecule has 0 atom stereocenters. The summed E-state index contributed by atoms with van der Waals surface area (Å²) < 4.78 is 16.1. The SMILES string of the molecule is O=C(Nc1ccc(NC(=O)c2occc2COc2ccccc2)cc1)c1ccco1. The number of hydrogen-bond acceptors (Lipinski definition) is 5. The minimum Gasteiger partial charge on any atom is -0.489 e. The molecule has 0 aliphatic rings. The Labute approximate surface area is 172 Å². The fourth-order valence-corrected chi connectivity index (χ4v) is 2.75. The molecule has 2 amide bonds. The number of furan rings is 2. The molecule has 0 fully saturated rings. The van der Waals surface area contributed by atoms with Crippen LogP contribution in [0.3, 0.4) is 0 Å². The minimum absolute atomic E-state index is 0.182. The fraction of sp³-hybridized carbons (Fsp3) is 0.0435. The van der Waals surface area contributed by atoms with Gasteiger partial charge in [0.2, 0.25) is 0 Å². The van der Waals surface area contributed by atoms with E-state index in [1.54, 1.807) is 42.5 Å². The van der Waals surface area contributed by atoms with Crippen molar-refractivity contribution < 1.29 is 23.2 Å². The number of ether oxygens (including phenoxy) is 1. The lowest BCUT2D eigenvalue weighted by Crippen LogP contribution is -2.14. The first kappa shape index (κ1) is 19.1. The van der Waals surface area contributed by atoms with Gasteiger partial charge in [0.1, 0.15) is 12.4 Å². The van der Waals surface area contributed by atoms with Crippen molar-refractivity contribution in [1.82, 2.24) is 0 Å². The van der Waals surface area contributed by atoms with Crippen LogP contribution in [-0.4, -0.2) is 11.8 Å². The van der Waals surface area contributed by atoms with Crippen LogP contribution in [-0.2, 0) is 6.61 Å². The van der Waals surface area contributed by atoms with Gasteiger partial charge in [-0.1, -0.05) is 18.2 Å². The van der Waals surface area contributed by atoms with Crippen molar-refractivity contribution in [3.8, 4) is 5.75 Å². The zero-order chi connectivity index (χ0) is 20.8. The lowest BCUT2D eigenvalue weighted by Gasteiger charge is -2.08. The summed E-state index contributed by atoms with van der Waals surface area (Å²) in [7, 11) is 0. The second-order valence-electron chi connectivity index (χ2n) is 6.34. The molecule has 4 rings (SSSR count). The van der Waals surface area contributed by atoms with E-state index in [-0.39, 0.29) is 29.9 Å². The molecule has 0 saturated carbocycles. The molecule has 150 valence electrons. The van der Waals surface area contributed by atoms with Gasteiger partial charge in [-0.25, -0.2) is 0 Å². The number of anilines is 2. The van der Waals surface area contributed by atoms with Crippen molar-refractivity contribution in [2.75, 3.05) is 10.6 Å². The van der Waals surface area contributed by atoms with Gasteiger partial charge in [-0.3, -0.25) is 9.59 Å². The van der Waals surface area contributed by atoms with Crippen molar-refractivity contribution in [1.29, 1.82) is 0 Å². The number of rotatable bonds is 7. The quantitative estimate of drug-likeness (QED) is 0.456. The maximum atomic E-state index is 12.6. The first-order valence-corrected chi connectivity index (χ1v) is 9.19. The Hall–Kier alpha value is -4.26. The highest BCUT2D eigenvalue weighted by atomic mass is 16.5. The molecule has 2 aromatic carbocycles. The van der Waals surface area contributed by atoms with Crippen molar-refractivity contribution in [2.24, 2.45) is 0 Å². The largest absolute Gasteiger partial charge is 0.489 e. The Morgan fingerprint density at radius 3 is 2.10 bits per heavy atom. The number of benzene rings is 2. The molecule has 0 spiro atoms. The van der Waals surface area contributed by atoms with E-state index < -0.39 is 0 Å². The summed E-state index contributed by atoms with van der Waals surface area (Å²) in [4.78, 5) is 24.6. The smallest absolute Gasteiger partial charge is 0.291 e. The lowest BCUT2D eigenvalue weighted by molar-refractivity contribution is 0.0987. The van der Waals surface area contributed by atoms with Crippen LogP contribution in [0.1, 0.15) is 26.7 Å². The van der Waals surface area contributed by atoms with E-state index in [0.29, 0.717) is 22.7 Å². The van der Waals surface area contributed by atoms with Crippen LogP contribution < -0.4 is 15.4 Å². The first-order valence-electron chi connectivity index (χ1n) is 9.19. The van der Waals surface area contributed by atoms with Gasteiger partial charge in [0.15, 0.2) is 11.5 Å². The van der Waals surface area contributed by atoms with Crippen LogP contribution in [0, 0.1) is 0 Å². The third-order valence-electron chi connectivity index (χ3n) is 4.24. The molecule has 2 aromatic heterocycles. The molecule has 7 heteroatoms. The second kappa shape index (κ2) is 8.83. The van der Waals surface area contributed by atoms with E-state index >= 15 is 0 Å². The molecule has 0 radical (unpaired) electrons. The highest BCUT2D eigenvalue weighted by molar-refractivity contribution is 6.04. The molecule has 0 unspecified atom stereocenters. The average Bonchev–Trinajstić information content (AvgIpc) is 3.47. The number of nitrogens with one attached hydrogen (secondary N) is 2. The maximum Gasteiger partial charge on any atom is 0.291 e. The van der Waals surface area contributed by atoms with Gasteiger partial charge in [0.05, 0.1) is 12.5 Å². The van der Waals surface area contributed by atoms with Gasteiger partial charge < -0.3 is 24.2 Å². The van der Waals surface area contributed by atoms with E-state index in [0.717, 1.165) is 0 Å². The molecular weight excluding hydrogens is 384 g/mol. The third-order valence-corrected chi connectivity index (χ3v) is 4.24. The number of para-hydroxylation sites is 1. The van der Waals surface area contributed by atoms with E-state index in [1.807, 2.05) is 30.3 Å². The van der Waals surface area contributed by atoms with Gasteiger partial charge in [-0.05, 0) is 54.6 Å². The zero-order valence-electron chi connectivity index (χ0n) is 15.8. The van der Waals surface area contributed by atoms with Crippen LogP contribution in [0.2, 0.25) is 0 Å². The minimum atomic E-state index is -0.390. The molecule has 0 bridgehead atoms. The van der Waals surface area contributed by atoms with Gasteiger partial charge in [0, 0.05) is 16.9 Å². The van der Waals surface area contributed by atoms with Crippen LogP contribution >= 0.6 is 0 Å². The standard InChI is InChI=1S/C23H18N2O5/c26-22(20-7-4-13-28-20)24-17-8-10-18(11-9-17)25-23(27)21-16(12-14-29-21)15-30-19-5-2-1-3-6-19/h1-14H,15H2,(H,24,26)(H,25,27). The topological polar surface area (TPSA) is 93.7 Å². The summed E-state index contributed by atoms with van der Waals surface area (Å²) in [6.45, 7) is 0.209. The monoisotopic (exact) mass is 402 g/mol. The summed E-state index contributed by atoms with van der Waals surface area (Å²) in [6.07, 6.45) is 2.88. The predicted octanol–water partition coefficient (Wildman–Crippen LogP) is 4.96. The van der Waals surface area contributed by atoms with E-state index in [4.69, 9.17) is 13.6 Å². The van der Waals surface area contributed by atoms with Gasteiger partial charge in [0.25, 0.3) is 11.8 Å². The highest BCUT2D eigenvalue weighted by Gasteiger charge is 2.16. The van der Waals surface area contributed by atoms with Crippen molar-refractivity contribution in [3.05, 3.63) is 102 Å². The van der Waals surface area contributed by atoms with Gasteiger partial charge in [-0.15, -0.1) is 0 Å². The van der Waals surface area contributed by atoms with Crippen molar-refractivity contribution in [2.45, 2.75) is 6.61 Å². The summed E-state index contributed by atoms with van der Waals surface area (Å²) in [5.41, 5.74) is 1.77. The summed E-state index contributed by atoms with van der Waals surface area (Å²) in [5, 5.41) is 5.48. The van der Waals surface area contributed by atoms with Crippen molar-refractivity contribution >= 4 is 23.2 Å². The Morgan fingerprint density at radius 2 is 1.43 bits per heavy atom. The molecule has 0 aliphatic heterocycles. The first-order chi connectivity index (χ1) is 14.7. The Balaban J connectivity index is 1.36. The Morgan fingerprint density at radius 1 is 0.733 bits per heavy atom. The van der Waals surface area contributed by atoms with Crippen LogP contribution in [0.4, 0.5) is 11.4 Å². The number of hydrogen-bond donors (Lipinski definition) is 2. The maximum absolute atomic E-state index is 12.6. The number of carbonyl (C=O) groups is 2. The van der Waals surface area contributed by atoms with Crippen molar-refractivity contribution in [3.63, 3.8) is 0 Å². The molecule has 2 N–H and O–H groups in total.